The minimum Gasteiger partial charge on any atom is -0.0901 e. The van der Waals surface area contributed by atoms with Gasteiger partial charge in [0.05, 0.1) is 0 Å². The molecule has 0 fully saturated rings. The van der Waals surface area contributed by atoms with Gasteiger partial charge in [-0.25, -0.2) is 0 Å². The van der Waals surface area contributed by atoms with Crippen LogP contribution >= 0.6 is 8.58 Å². The molecule has 0 saturated heterocycles. The summed E-state index contributed by atoms with van der Waals surface area (Å²) in [6.07, 6.45) is 6.36. The number of allylic oxidation sites excluding steroid dienone is 1. The van der Waals surface area contributed by atoms with Gasteiger partial charge in [-0.15, -0.1) is 0 Å². The van der Waals surface area contributed by atoms with E-state index in [0.717, 1.165) is 15.0 Å². The lowest BCUT2D eigenvalue weighted by atomic mass is 10.5. The van der Waals surface area contributed by atoms with Crippen LogP contribution in [0.4, 0.5) is 0 Å². The van der Waals surface area contributed by atoms with Crippen LogP contribution in [-0.2, 0) is 0 Å². The third kappa shape index (κ3) is 0.735. The number of rotatable bonds is 0. The highest BCUT2D eigenvalue weighted by molar-refractivity contribution is 7.44. The van der Waals surface area contributed by atoms with Gasteiger partial charge in [0.15, 0.2) is 0 Å². The Labute approximate surface area is 34.1 Å². The van der Waals surface area contributed by atoms with Crippen LogP contribution in [0.3, 0.4) is 0 Å². The highest BCUT2D eigenvalue weighted by Gasteiger charge is 1.85. The van der Waals surface area contributed by atoms with E-state index in [-0.39, 0.29) is 0 Å². The zero-order chi connectivity index (χ0) is 3.54. The second-order valence-electron chi connectivity index (χ2n) is 0.928. The lowest BCUT2D eigenvalue weighted by Gasteiger charge is -1.67. The summed E-state index contributed by atoms with van der Waals surface area (Å²) >= 11 is 0. The predicted octanol–water partition coefficient (Wildman–Crippen LogP) is 1.62. The molecule has 1 aliphatic rings. The molecule has 0 amide bonds. The molecular weight excluding hydrogens is 79.0 g/mol. The van der Waals surface area contributed by atoms with Crippen molar-refractivity contribution in [2.45, 2.75) is 6.42 Å². The largest absolute Gasteiger partial charge is 0.0901 e. The molecule has 2 radical (unpaired) electrons. The maximum Gasteiger partial charge on any atom is 0.0163 e. The monoisotopic (exact) mass is 84.0 g/mol. The van der Waals surface area contributed by atoms with Crippen molar-refractivity contribution in [2.24, 2.45) is 0 Å². The molecule has 0 aromatic rings. The van der Waals surface area contributed by atoms with Gasteiger partial charge >= 0.3 is 0 Å². The van der Waals surface area contributed by atoms with Gasteiger partial charge in [0.25, 0.3) is 0 Å². The first kappa shape index (κ1) is 3.36. The van der Waals surface area contributed by atoms with E-state index in [1.165, 1.54) is 0 Å². The van der Waals surface area contributed by atoms with Crippen molar-refractivity contribution in [1.82, 2.24) is 0 Å². The van der Waals surface area contributed by atoms with E-state index in [9.17, 15) is 0 Å². The Bertz CT molecular complexity index is 41.6. The average Bonchev–Trinajstić information content (AvgIpc) is 1.76. The van der Waals surface area contributed by atoms with E-state index in [4.69, 9.17) is 0 Å². The normalized spacial score (nSPS) is 25.6. The van der Waals surface area contributed by atoms with Gasteiger partial charge in [0.1, 0.15) is 0 Å². The first-order valence-corrected chi connectivity index (χ1v) is 2.71. The van der Waals surface area contributed by atoms with Gasteiger partial charge in [-0.05, 0) is 6.42 Å². The highest BCUT2D eigenvalue weighted by atomic mass is 31.1. The SMILES string of the molecule is [C]1CC=CP1. The Morgan fingerprint density at radius 3 is 3.00 bits per heavy atom. The van der Waals surface area contributed by atoms with Gasteiger partial charge in [0.2, 0.25) is 0 Å². The van der Waals surface area contributed by atoms with E-state index < -0.39 is 0 Å². The number of hydrogen-bond donors (Lipinski definition) is 0. The van der Waals surface area contributed by atoms with Crippen molar-refractivity contribution < 1.29 is 0 Å². The first-order valence-electron chi connectivity index (χ1n) is 1.63. The maximum absolute atomic E-state index is 3.14. The van der Waals surface area contributed by atoms with Crippen LogP contribution in [0.25, 0.3) is 0 Å². The molecule has 0 nitrogen and oxygen atoms in total. The van der Waals surface area contributed by atoms with E-state index in [2.05, 4.69) is 18.1 Å². The van der Waals surface area contributed by atoms with E-state index >= 15 is 0 Å². The highest BCUT2D eigenvalue weighted by Crippen LogP contribution is 2.25. The fourth-order valence-electron chi connectivity index (χ4n) is 0.295. The summed E-state index contributed by atoms with van der Waals surface area (Å²) in [4.78, 5) is 0. The van der Waals surface area contributed by atoms with Gasteiger partial charge in [-0.1, -0.05) is 20.5 Å². The molecule has 1 atom stereocenters. The lowest BCUT2D eigenvalue weighted by Crippen LogP contribution is -1.43. The molecule has 1 heteroatoms. The van der Waals surface area contributed by atoms with Gasteiger partial charge in [-0.2, -0.15) is 0 Å². The fourth-order valence-corrected chi connectivity index (χ4v) is 0.884. The summed E-state index contributed by atoms with van der Waals surface area (Å²) in [6, 6.07) is 0. The number of hydrogen-bond acceptors (Lipinski definition) is 0. The summed E-state index contributed by atoms with van der Waals surface area (Å²) in [7, 11) is 0.878. The molecule has 0 aliphatic carbocycles. The second-order valence-corrected chi connectivity index (χ2v) is 1.90. The van der Waals surface area contributed by atoms with E-state index in [0.29, 0.717) is 0 Å². The third-order valence-electron chi connectivity index (χ3n) is 0.523. The van der Waals surface area contributed by atoms with Crippen molar-refractivity contribution in [3.05, 3.63) is 18.1 Å². The summed E-state index contributed by atoms with van der Waals surface area (Å²) in [5.41, 5.74) is 0. The molecule has 1 unspecified atom stereocenters. The van der Waals surface area contributed by atoms with Crippen LogP contribution in [0, 0.1) is 6.16 Å². The van der Waals surface area contributed by atoms with Crippen LogP contribution in [0.15, 0.2) is 11.9 Å². The van der Waals surface area contributed by atoms with Crippen molar-refractivity contribution in [2.75, 3.05) is 0 Å². The minimum absolute atomic E-state index is 0.878. The molecule has 1 rings (SSSR count). The molecule has 0 bridgehead atoms. The molecule has 26 valence electrons. The Kier molecular flexibility index (Phi) is 1.05. The van der Waals surface area contributed by atoms with Crippen molar-refractivity contribution in [3.63, 3.8) is 0 Å². The Hall–Kier alpha value is 0.170. The average molecular weight is 84.1 g/mol. The van der Waals surface area contributed by atoms with Gasteiger partial charge in [0, 0.05) is 6.16 Å². The summed E-state index contributed by atoms with van der Waals surface area (Å²) in [5, 5.41) is 0. The molecular formula is C4H5P. The summed E-state index contributed by atoms with van der Waals surface area (Å²) in [5.74, 6) is 2.15. The van der Waals surface area contributed by atoms with Crippen molar-refractivity contribution >= 4 is 8.58 Å². The standard InChI is InChI=1S/C4H5P/c1-2-4-5-3-1/h1,3,5H,2H2. The van der Waals surface area contributed by atoms with E-state index in [1.54, 1.807) is 0 Å². The maximum atomic E-state index is 3.14. The molecule has 0 saturated carbocycles. The lowest BCUT2D eigenvalue weighted by molar-refractivity contribution is 1.40. The van der Waals surface area contributed by atoms with Crippen LogP contribution < -0.4 is 0 Å². The summed E-state index contributed by atoms with van der Waals surface area (Å²) in [6.45, 7) is 0. The zero-order valence-corrected chi connectivity index (χ0v) is 3.86. The van der Waals surface area contributed by atoms with Crippen LogP contribution in [-0.4, -0.2) is 0 Å². The van der Waals surface area contributed by atoms with E-state index in [1.807, 2.05) is 0 Å². The second kappa shape index (κ2) is 1.57. The quantitative estimate of drug-likeness (QED) is 0.391. The molecule has 0 spiro atoms. The smallest absolute Gasteiger partial charge is 0.0163 e. The Morgan fingerprint density at radius 2 is 2.80 bits per heavy atom. The van der Waals surface area contributed by atoms with Crippen molar-refractivity contribution in [1.29, 1.82) is 0 Å². The third-order valence-corrected chi connectivity index (χ3v) is 1.33. The molecule has 1 heterocycles. The molecule has 0 aromatic carbocycles. The van der Waals surface area contributed by atoms with Gasteiger partial charge < -0.3 is 0 Å². The van der Waals surface area contributed by atoms with Gasteiger partial charge in [-0.3, -0.25) is 0 Å². The van der Waals surface area contributed by atoms with Crippen LogP contribution in [0.5, 0.6) is 0 Å². The summed E-state index contributed by atoms with van der Waals surface area (Å²) < 4.78 is 0. The zero-order valence-electron chi connectivity index (χ0n) is 2.86. The van der Waals surface area contributed by atoms with Crippen molar-refractivity contribution in [3.8, 4) is 0 Å². The molecule has 0 N–H and O–H groups in total. The Morgan fingerprint density at radius 1 is 1.80 bits per heavy atom. The minimum atomic E-state index is 0.878. The van der Waals surface area contributed by atoms with Crippen LogP contribution in [0.1, 0.15) is 6.42 Å². The molecule has 1 aliphatic heterocycles. The fraction of sp³-hybridized carbons (Fsp3) is 0.250. The topological polar surface area (TPSA) is 0 Å². The predicted molar refractivity (Wildman–Crippen MR) is 25.3 cm³/mol. The molecule has 0 aromatic heterocycles. The molecule has 5 heavy (non-hydrogen) atoms. The Balaban J connectivity index is 2.32. The first-order chi connectivity index (χ1) is 2.50. The van der Waals surface area contributed by atoms with Crippen LogP contribution in [0.2, 0.25) is 0 Å².